The molecule has 0 spiro atoms. The van der Waals surface area contributed by atoms with E-state index in [2.05, 4.69) is 34.4 Å². The van der Waals surface area contributed by atoms with Gasteiger partial charge in [-0.15, -0.1) is 0 Å². The highest BCUT2D eigenvalue weighted by molar-refractivity contribution is 6.02. The van der Waals surface area contributed by atoms with Crippen LogP contribution in [0.5, 0.6) is 0 Å². The number of nitrogens with one attached hydrogen (secondary N) is 2. The maximum absolute atomic E-state index is 13.2. The highest BCUT2D eigenvalue weighted by Crippen LogP contribution is 2.19. The summed E-state index contributed by atoms with van der Waals surface area (Å²) in [5, 5.41) is 5.55. The molecule has 1 heterocycles. The van der Waals surface area contributed by atoms with Crippen molar-refractivity contribution >= 4 is 23.1 Å². The lowest BCUT2D eigenvalue weighted by Gasteiger charge is -2.09. The van der Waals surface area contributed by atoms with Gasteiger partial charge in [0, 0.05) is 17.4 Å². The van der Waals surface area contributed by atoms with Crippen molar-refractivity contribution in [1.82, 2.24) is 9.97 Å². The number of hydrogen-bond acceptors (Lipinski definition) is 4. The third-order valence-electron chi connectivity index (χ3n) is 3.91. The van der Waals surface area contributed by atoms with Crippen molar-refractivity contribution in [3.05, 3.63) is 77.8 Å². The molecule has 0 saturated carbocycles. The third kappa shape index (κ3) is 4.63. The summed E-state index contributed by atoms with van der Waals surface area (Å²) >= 11 is 0. The van der Waals surface area contributed by atoms with Crippen molar-refractivity contribution in [2.24, 2.45) is 0 Å². The van der Waals surface area contributed by atoms with E-state index in [1.165, 1.54) is 24.0 Å². The van der Waals surface area contributed by atoms with E-state index in [9.17, 15) is 13.6 Å². The number of halogens is 2. The first-order valence-electron chi connectivity index (χ1n) is 8.38. The fourth-order valence-electron chi connectivity index (χ4n) is 2.38. The Balaban J connectivity index is 1.65. The Labute approximate surface area is 155 Å². The molecule has 1 aromatic heterocycles. The number of anilines is 3. The van der Waals surface area contributed by atoms with Gasteiger partial charge in [0.1, 0.15) is 11.5 Å². The van der Waals surface area contributed by atoms with Crippen molar-refractivity contribution in [3.63, 3.8) is 0 Å². The van der Waals surface area contributed by atoms with Crippen LogP contribution >= 0.6 is 0 Å². The molecule has 3 rings (SSSR count). The molecule has 0 aliphatic carbocycles. The Bertz CT molecular complexity index is 941. The third-order valence-corrected chi connectivity index (χ3v) is 3.91. The zero-order chi connectivity index (χ0) is 19.4. The molecule has 2 aromatic carbocycles. The normalized spacial score (nSPS) is 10.7. The molecule has 0 saturated heterocycles. The van der Waals surface area contributed by atoms with Crippen LogP contribution < -0.4 is 10.6 Å². The fraction of sp³-hybridized carbons (Fsp3) is 0.150. The number of nitrogens with zero attached hydrogens (tertiary/aromatic N) is 2. The molecule has 27 heavy (non-hydrogen) atoms. The Morgan fingerprint density at radius 2 is 1.63 bits per heavy atom. The first kappa shape index (κ1) is 18.4. The number of hydrogen-bond donors (Lipinski definition) is 2. The number of amides is 1. The van der Waals surface area contributed by atoms with E-state index in [1.54, 1.807) is 0 Å². The van der Waals surface area contributed by atoms with Gasteiger partial charge in [0.05, 0.1) is 12.4 Å². The maximum atomic E-state index is 13.2. The van der Waals surface area contributed by atoms with E-state index in [0.29, 0.717) is 11.7 Å². The average molecular weight is 368 g/mol. The van der Waals surface area contributed by atoms with E-state index in [0.717, 1.165) is 17.8 Å². The molecule has 0 atom stereocenters. The van der Waals surface area contributed by atoms with E-state index in [4.69, 9.17) is 0 Å². The van der Waals surface area contributed by atoms with Crippen LogP contribution in [-0.2, 0) is 0 Å². The van der Waals surface area contributed by atoms with Crippen LogP contribution in [0.25, 0.3) is 0 Å². The summed E-state index contributed by atoms with van der Waals surface area (Å²) in [4.78, 5) is 20.3. The molecular weight excluding hydrogens is 350 g/mol. The Morgan fingerprint density at radius 3 is 2.22 bits per heavy atom. The van der Waals surface area contributed by atoms with Crippen molar-refractivity contribution < 1.29 is 13.6 Å². The summed E-state index contributed by atoms with van der Waals surface area (Å²) in [5.74, 6) is -1.66. The largest absolute Gasteiger partial charge is 0.339 e. The topological polar surface area (TPSA) is 66.9 Å². The van der Waals surface area contributed by atoms with Crippen molar-refractivity contribution in [2.75, 3.05) is 10.6 Å². The van der Waals surface area contributed by atoms with Gasteiger partial charge in [-0.1, -0.05) is 26.0 Å². The van der Waals surface area contributed by atoms with E-state index in [1.807, 2.05) is 24.3 Å². The molecule has 1 amide bonds. The molecule has 5 nitrogen and oxygen atoms in total. The molecule has 138 valence electrons. The van der Waals surface area contributed by atoms with E-state index < -0.39 is 17.5 Å². The summed E-state index contributed by atoms with van der Waals surface area (Å²) in [7, 11) is 0. The SMILES string of the molecule is CC(C)c1ccc(Nc2cnc(C(=O)Nc3ccc(F)c(F)c3)cn2)cc1. The standard InChI is InChI=1S/C20H18F2N4O/c1-12(2)13-3-5-14(6-4-13)25-19-11-23-18(10-24-19)20(27)26-15-7-8-16(21)17(22)9-15/h3-12H,1-2H3,(H,24,25)(H,26,27). The molecular formula is C20H18F2N4O. The Kier molecular flexibility index (Phi) is 5.40. The predicted molar refractivity (Wildman–Crippen MR) is 100 cm³/mol. The van der Waals surface area contributed by atoms with Gasteiger partial charge in [0.2, 0.25) is 0 Å². The summed E-state index contributed by atoms with van der Waals surface area (Å²) in [6.07, 6.45) is 2.73. The Morgan fingerprint density at radius 1 is 0.926 bits per heavy atom. The monoisotopic (exact) mass is 368 g/mol. The highest BCUT2D eigenvalue weighted by Gasteiger charge is 2.10. The van der Waals surface area contributed by atoms with Gasteiger partial charge in [0.25, 0.3) is 5.91 Å². The second-order valence-electron chi connectivity index (χ2n) is 6.27. The summed E-state index contributed by atoms with van der Waals surface area (Å²) in [6.45, 7) is 4.25. The molecule has 3 aromatic rings. The van der Waals surface area contributed by atoms with Gasteiger partial charge in [-0.05, 0) is 35.7 Å². The molecule has 0 bridgehead atoms. The lowest BCUT2D eigenvalue weighted by molar-refractivity contribution is 0.102. The average Bonchev–Trinajstić information content (AvgIpc) is 2.66. The maximum Gasteiger partial charge on any atom is 0.275 e. The van der Waals surface area contributed by atoms with Crippen LogP contribution in [0.3, 0.4) is 0 Å². The number of benzene rings is 2. The number of aromatic nitrogens is 2. The summed E-state index contributed by atoms with van der Waals surface area (Å²) in [5.41, 5.74) is 2.28. The first-order valence-corrected chi connectivity index (χ1v) is 8.38. The van der Waals surface area contributed by atoms with Gasteiger partial charge in [-0.25, -0.2) is 18.7 Å². The number of carbonyl (C=O) groups is 1. The van der Waals surface area contributed by atoms with Crippen LogP contribution in [-0.4, -0.2) is 15.9 Å². The number of rotatable bonds is 5. The minimum Gasteiger partial charge on any atom is -0.339 e. The zero-order valence-corrected chi connectivity index (χ0v) is 14.8. The second-order valence-corrected chi connectivity index (χ2v) is 6.27. The van der Waals surface area contributed by atoms with E-state index in [-0.39, 0.29) is 11.4 Å². The minimum absolute atomic E-state index is 0.0560. The number of carbonyl (C=O) groups excluding carboxylic acids is 1. The minimum atomic E-state index is -1.04. The lowest BCUT2D eigenvalue weighted by Crippen LogP contribution is -2.14. The molecule has 0 fully saturated rings. The fourth-order valence-corrected chi connectivity index (χ4v) is 2.38. The molecule has 0 aliphatic rings. The van der Waals surface area contributed by atoms with Gasteiger partial charge < -0.3 is 10.6 Å². The van der Waals surface area contributed by atoms with Gasteiger partial charge in [0.15, 0.2) is 11.6 Å². The van der Waals surface area contributed by atoms with Crippen molar-refractivity contribution in [2.45, 2.75) is 19.8 Å². The second kappa shape index (κ2) is 7.90. The molecule has 0 unspecified atom stereocenters. The Hall–Kier alpha value is -3.35. The van der Waals surface area contributed by atoms with Crippen LogP contribution in [0.2, 0.25) is 0 Å². The van der Waals surface area contributed by atoms with E-state index >= 15 is 0 Å². The van der Waals surface area contributed by atoms with Crippen LogP contribution in [0.1, 0.15) is 35.8 Å². The van der Waals surface area contributed by atoms with Gasteiger partial charge in [-0.2, -0.15) is 0 Å². The molecule has 0 radical (unpaired) electrons. The lowest BCUT2D eigenvalue weighted by atomic mass is 10.0. The zero-order valence-electron chi connectivity index (χ0n) is 14.8. The molecule has 2 N–H and O–H groups in total. The molecule has 0 aliphatic heterocycles. The predicted octanol–water partition coefficient (Wildman–Crippen LogP) is 4.87. The van der Waals surface area contributed by atoms with Crippen LogP contribution in [0.15, 0.2) is 54.9 Å². The highest BCUT2D eigenvalue weighted by atomic mass is 19.2. The van der Waals surface area contributed by atoms with Crippen LogP contribution in [0.4, 0.5) is 26.0 Å². The van der Waals surface area contributed by atoms with Crippen molar-refractivity contribution in [1.29, 1.82) is 0 Å². The summed E-state index contributed by atoms with van der Waals surface area (Å²) < 4.78 is 26.1. The quantitative estimate of drug-likeness (QED) is 0.674. The molecule has 7 heteroatoms. The summed E-state index contributed by atoms with van der Waals surface area (Å²) in [6, 6.07) is 11.1. The van der Waals surface area contributed by atoms with Gasteiger partial charge in [-0.3, -0.25) is 4.79 Å². The van der Waals surface area contributed by atoms with Gasteiger partial charge >= 0.3 is 0 Å². The van der Waals surface area contributed by atoms with Crippen molar-refractivity contribution in [3.8, 4) is 0 Å². The smallest absolute Gasteiger partial charge is 0.275 e. The first-order chi connectivity index (χ1) is 12.9. The van der Waals surface area contributed by atoms with Crippen LogP contribution in [0, 0.1) is 11.6 Å².